The lowest BCUT2D eigenvalue weighted by atomic mass is 10.1. The van der Waals surface area contributed by atoms with E-state index in [-0.39, 0.29) is 42.5 Å². The molecule has 0 bridgehead atoms. The molecule has 22 heavy (non-hydrogen) atoms. The minimum Gasteiger partial charge on any atom is -0.376 e. The van der Waals surface area contributed by atoms with Gasteiger partial charge >= 0.3 is 0 Å². The SMILES string of the molecule is CCCCNC(=NCC(=O)N(C)C)NCC1CCCCO1.I. The average Bonchev–Trinajstić information content (AvgIpc) is 2.50. The normalized spacial score (nSPS) is 18.3. The molecule has 1 fully saturated rings. The number of aliphatic imine (C=N–C) groups is 1. The smallest absolute Gasteiger partial charge is 0.243 e. The molecule has 0 saturated carbocycles. The van der Waals surface area contributed by atoms with Crippen molar-refractivity contribution in [2.45, 2.75) is 45.1 Å². The number of nitrogens with one attached hydrogen (secondary N) is 2. The molecular weight excluding hydrogens is 395 g/mol. The van der Waals surface area contributed by atoms with Gasteiger partial charge in [0.1, 0.15) is 6.54 Å². The van der Waals surface area contributed by atoms with Gasteiger partial charge in [0.05, 0.1) is 6.10 Å². The Kier molecular flexibility index (Phi) is 12.6. The Labute approximate surface area is 151 Å². The molecule has 2 N–H and O–H groups in total. The maximum Gasteiger partial charge on any atom is 0.243 e. The molecule has 1 aliphatic heterocycles. The van der Waals surface area contributed by atoms with Crippen LogP contribution in [-0.4, -0.2) is 63.2 Å². The van der Waals surface area contributed by atoms with Crippen molar-refractivity contribution in [3.63, 3.8) is 0 Å². The largest absolute Gasteiger partial charge is 0.376 e. The van der Waals surface area contributed by atoms with Crippen LogP contribution < -0.4 is 10.6 Å². The Morgan fingerprint density at radius 3 is 2.68 bits per heavy atom. The number of carbonyl (C=O) groups excluding carboxylic acids is 1. The van der Waals surface area contributed by atoms with Crippen molar-refractivity contribution in [2.24, 2.45) is 4.99 Å². The number of nitrogens with zero attached hydrogens (tertiary/aromatic N) is 2. The minimum atomic E-state index is 0. The zero-order valence-electron chi connectivity index (χ0n) is 14.1. The summed E-state index contributed by atoms with van der Waals surface area (Å²) in [6.07, 6.45) is 5.93. The molecular formula is C15H31IN4O2. The van der Waals surface area contributed by atoms with Crippen LogP contribution in [0.25, 0.3) is 0 Å². The van der Waals surface area contributed by atoms with Gasteiger partial charge in [0.2, 0.25) is 5.91 Å². The van der Waals surface area contributed by atoms with Crippen LogP contribution in [0.15, 0.2) is 4.99 Å². The highest BCUT2D eigenvalue weighted by atomic mass is 127. The Morgan fingerprint density at radius 2 is 2.09 bits per heavy atom. The van der Waals surface area contributed by atoms with Crippen molar-refractivity contribution in [3.8, 4) is 0 Å². The molecule has 0 spiro atoms. The zero-order chi connectivity index (χ0) is 15.5. The topological polar surface area (TPSA) is 66.0 Å². The van der Waals surface area contributed by atoms with Crippen LogP contribution in [0, 0.1) is 0 Å². The van der Waals surface area contributed by atoms with Crippen LogP contribution in [0.2, 0.25) is 0 Å². The van der Waals surface area contributed by atoms with Gasteiger partial charge in [-0.15, -0.1) is 24.0 Å². The van der Waals surface area contributed by atoms with E-state index >= 15 is 0 Å². The van der Waals surface area contributed by atoms with Crippen LogP contribution in [0.3, 0.4) is 0 Å². The van der Waals surface area contributed by atoms with Crippen molar-refractivity contribution < 1.29 is 9.53 Å². The fourth-order valence-electron chi connectivity index (χ4n) is 2.02. The summed E-state index contributed by atoms with van der Waals surface area (Å²) in [6, 6.07) is 0. The molecule has 1 saturated heterocycles. The number of hydrogen-bond donors (Lipinski definition) is 2. The maximum absolute atomic E-state index is 11.6. The second-order valence-corrected chi connectivity index (χ2v) is 5.60. The molecule has 0 aromatic heterocycles. The van der Waals surface area contributed by atoms with Crippen molar-refractivity contribution in [1.29, 1.82) is 0 Å². The summed E-state index contributed by atoms with van der Waals surface area (Å²) in [4.78, 5) is 17.5. The van der Waals surface area contributed by atoms with Crippen molar-refractivity contribution in [2.75, 3.05) is 40.3 Å². The standard InChI is InChI=1S/C15H30N4O2.HI/c1-4-5-9-16-15(18-12-14(20)19(2)3)17-11-13-8-6-7-10-21-13;/h13H,4-12H2,1-3H3,(H2,16,17,18);1H. The van der Waals surface area contributed by atoms with E-state index in [1.165, 1.54) is 6.42 Å². The van der Waals surface area contributed by atoms with E-state index in [9.17, 15) is 4.79 Å². The van der Waals surface area contributed by atoms with Crippen molar-refractivity contribution in [1.82, 2.24) is 15.5 Å². The predicted molar refractivity (Wildman–Crippen MR) is 101 cm³/mol. The van der Waals surface area contributed by atoms with Gasteiger partial charge in [0.15, 0.2) is 5.96 Å². The van der Waals surface area contributed by atoms with Crippen LogP contribution in [0.1, 0.15) is 39.0 Å². The number of halogens is 1. The highest BCUT2D eigenvalue weighted by molar-refractivity contribution is 14.0. The van der Waals surface area contributed by atoms with E-state index in [4.69, 9.17) is 4.74 Å². The fourth-order valence-corrected chi connectivity index (χ4v) is 2.02. The van der Waals surface area contributed by atoms with Gasteiger partial charge in [-0.1, -0.05) is 13.3 Å². The summed E-state index contributed by atoms with van der Waals surface area (Å²) in [5.74, 6) is 0.702. The number of hydrogen-bond acceptors (Lipinski definition) is 3. The number of likely N-dealkylation sites (N-methyl/N-ethyl adjacent to an activating group) is 1. The number of amides is 1. The summed E-state index contributed by atoms with van der Waals surface area (Å²) in [7, 11) is 3.48. The molecule has 6 nitrogen and oxygen atoms in total. The van der Waals surface area contributed by atoms with Crippen LogP contribution >= 0.6 is 24.0 Å². The van der Waals surface area contributed by atoms with Crippen LogP contribution in [-0.2, 0) is 9.53 Å². The number of ether oxygens (including phenoxy) is 1. The first kappa shape index (κ1) is 21.4. The highest BCUT2D eigenvalue weighted by Gasteiger charge is 2.14. The fraction of sp³-hybridized carbons (Fsp3) is 0.867. The summed E-state index contributed by atoms with van der Waals surface area (Å²) < 4.78 is 5.70. The van der Waals surface area contributed by atoms with E-state index in [0.717, 1.165) is 45.4 Å². The number of guanidine groups is 1. The summed E-state index contributed by atoms with van der Waals surface area (Å²) >= 11 is 0. The Morgan fingerprint density at radius 1 is 1.32 bits per heavy atom. The molecule has 0 aromatic carbocycles. The lowest BCUT2D eigenvalue weighted by Crippen LogP contribution is -2.43. The molecule has 0 aliphatic carbocycles. The molecule has 0 aromatic rings. The second-order valence-electron chi connectivity index (χ2n) is 5.60. The van der Waals surface area contributed by atoms with E-state index < -0.39 is 0 Å². The molecule has 7 heteroatoms. The molecule has 0 radical (unpaired) electrons. The zero-order valence-corrected chi connectivity index (χ0v) is 16.4. The number of carbonyl (C=O) groups is 1. The lowest BCUT2D eigenvalue weighted by Gasteiger charge is -2.24. The van der Waals surface area contributed by atoms with Gasteiger partial charge in [0.25, 0.3) is 0 Å². The van der Waals surface area contributed by atoms with E-state index in [1.807, 2.05) is 0 Å². The summed E-state index contributed by atoms with van der Waals surface area (Å²) in [5, 5.41) is 6.55. The van der Waals surface area contributed by atoms with Crippen molar-refractivity contribution >= 4 is 35.8 Å². The molecule has 1 heterocycles. The average molecular weight is 426 g/mol. The van der Waals surface area contributed by atoms with E-state index in [0.29, 0.717) is 5.96 Å². The number of rotatable bonds is 7. The Balaban J connectivity index is 0.00000441. The Bertz CT molecular complexity index is 332. The summed E-state index contributed by atoms with van der Waals surface area (Å²) in [5.41, 5.74) is 0. The highest BCUT2D eigenvalue weighted by Crippen LogP contribution is 2.11. The van der Waals surface area contributed by atoms with Gasteiger partial charge in [-0.05, 0) is 25.7 Å². The molecule has 1 atom stereocenters. The third-order valence-electron chi connectivity index (χ3n) is 3.47. The third kappa shape index (κ3) is 9.45. The number of unbranched alkanes of at least 4 members (excludes halogenated alkanes) is 1. The second kappa shape index (κ2) is 12.9. The predicted octanol–water partition coefficient (Wildman–Crippen LogP) is 1.60. The van der Waals surface area contributed by atoms with Gasteiger partial charge in [0, 0.05) is 33.8 Å². The quantitative estimate of drug-likeness (QED) is 0.281. The third-order valence-corrected chi connectivity index (χ3v) is 3.47. The maximum atomic E-state index is 11.6. The van der Waals surface area contributed by atoms with Gasteiger partial charge in [-0.3, -0.25) is 4.79 Å². The first-order valence-electron chi connectivity index (χ1n) is 7.97. The van der Waals surface area contributed by atoms with Crippen LogP contribution in [0.4, 0.5) is 0 Å². The lowest BCUT2D eigenvalue weighted by molar-refractivity contribution is -0.127. The first-order chi connectivity index (χ1) is 10.1. The monoisotopic (exact) mass is 426 g/mol. The van der Waals surface area contributed by atoms with Crippen LogP contribution in [0.5, 0.6) is 0 Å². The first-order valence-corrected chi connectivity index (χ1v) is 7.97. The van der Waals surface area contributed by atoms with Gasteiger partial charge in [-0.25, -0.2) is 4.99 Å². The Hall–Kier alpha value is -0.570. The molecule has 1 rings (SSSR count). The van der Waals surface area contributed by atoms with Gasteiger partial charge < -0.3 is 20.3 Å². The molecule has 130 valence electrons. The van der Waals surface area contributed by atoms with Crippen molar-refractivity contribution in [3.05, 3.63) is 0 Å². The molecule has 1 unspecified atom stereocenters. The summed E-state index contributed by atoms with van der Waals surface area (Å²) in [6.45, 7) is 4.77. The van der Waals surface area contributed by atoms with Gasteiger partial charge in [-0.2, -0.15) is 0 Å². The minimum absolute atomic E-state index is 0. The molecule has 1 aliphatic rings. The van der Waals surface area contributed by atoms with E-state index in [2.05, 4.69) is 22.5 Å². The molecule has 1 amide bonds. The van der Waals surface area contributed by atoms with E-state index in [1.54, 1.807) is 19.0 Å².